The molecule has 0 bridgehead atoms. The van der Waals surface area contributed by atoms with Crippen LogP contribution in [0.1, 0.15) is 43.7 Å². The molecule has 6 nitrogen and oxygen atoms in total. The highest BCUT2D eigenvalue weighted by Crippen LogP contribution is 2.23. The molecule has 136 valence electrons. The van der Waals surface area contributed by atoms with Crippen molar-refractivity contribution < 1.29 is 9.26 Å². The molecular weight excluding hydrogens is 384 g/mol. The molecule has 0 saturated heterocycles. The van der Waals surface area contributed by atoms with Gasteiger partial charge in [0.1, 0.15) is 5.75 Å². The number of hydrogen-bond acceptors (Lipinski definition) is 4. The normalized spacial score (nSPS) is 11.7. The number of ether oxygens (including phenoxy) is 1. The van der Waals surface area contributed by atoms with E-state index in [2.05, 4.69) is 50.6 Å². The van der Waals surface area contributed by atoms with Crippen molar-refractivity contribution >= 4 is 21.9 Å². The van der Waals surface area contributed by atoms with Crippen LogP contribution in [0.2, 0.25) is 0 Å². The molecule has 2 N–H and O–H groups in total. The summed E-state index contributed by atoms with van der Waals surface area (Å²) in [6.07, 6.45) is 0. The molecule has 2 aromatic rings. The number of halogens is 1. The average Bonchev–Trinajstić information content (AvgIpc) is 3.07. The first-order chi connectivity index (χ1) is 12.0. The van der Waals surface area contributed by atoms with Gasteiger partial charge in [0, 0.05) is 22.6 Å². The quantitative estimate of drug-likeness (QED) is 0.537. The first-order valence-electron chi connectivity index (χ1n) is 8.33. The maximum absolute atomic E-state index is 5.39. The van der Waals surface area contributed by atoms with Gasteiger partial charge in [0.2, 0.25) is 0 Å². The van der Waals surface area contributed by atoms with Crippen LogP contribution in [0, 0.1) is 0 Å². The summed E-state index contributed by atoms with van der Waals surface area (Å²) >= 11 is 3.48. The number of hydrogen-bond donors (Lipinski definition) is 2. The Morgan fingerprint density at radius 3 is 2.76 bits per heavy atom. The summed E-state index contributed by atoms with van der Waals surface area (Å²) in [7, 11) is 1.66. The maximum atomic E-state index is 5.39. The van der Waals surface area contributed by atoms with Gasteiger partial charge >= 0.3 is 0 Å². The first kappa shape index (κ1) is 19.3. The van der Waals surface area contributed by atoms with E-state index in [1.54, 1.807) is 7.11 Å². The molecule has 0 saturated carbocycles. The summed E-state index contributed by atoms with van der Waals surface area (Å²) in [5.74, 6) is 2.67. The van der Waals surface area contributed by atoms with Crippen molar-refractivity contribution in [2.24, 2.45) is 4.99 Å². The fourth-order valence-corrected chi connectivity index (χ4v) is 2.64. The molecule has 0 atom stereocenters. The second kappa shape index (κ2) is 9.46. The van der Waals surface area contributed by atoms with E-state index >= 15 is 0 Å². The zero-order chi connectivity index (χ0) is 18.2. The molecular formula is C18H25BrN4O2. The number of rotatable bonds is 7. The molecule has 1 heterocycles. The molecule has 0 amide bonds. The van der Waals surface area contributed by atoms with Gasteiger partial charge in [-0.3, -0.25) is 0 Å². The molecule has 0 aliphatic rings. The molecule has 0 fully saturated rings. The molecule has 0 unspecified atom stereocenters. The van der Waals surface area contributed by atoms with Gasteiger partial charge in [-0.1, -0.05) is 34.9 Å². The zero-order valence-corrected chi connectivity index (χ0v) is 16.7. The third-order valence-corrected chi connectivity index (χ3v) is 4.09. The predicted octanol–water partition coefficient (Wildman–Crippen LogP) is 3.82. The first-order valence-corrected chi connectivity index (χ1v) is 9.12. The largest absolute Gasteiger partial charge is 0.496 e. The standard InChI is InChI=1S/C18H25BrN4O2/c1-5-20-18(22-11-15-9-16(12(2)3)23-25-15)21-10-13-8-14(19)6-7-17(13)24-4/h6-9,12H,5,10-11H2,1-4H3,(H2,20,21,22). The van der Waals surface area contributed by atoms with E-state index in [0.717, 1.165) is 33.8 Å². The van der Waals surface area contributed by atoms with Crippen LogP contribution in [0.25, 0.3) is 0 Å². The Labute approximate surface area is 157 Å². The van der Waals surface area contributed by atoms with Crippen LogP contribution in [0.3, 0.4) is 0 Å². The Kier molecular flexibility index (Phi) is 7.31. The number of nitrogens with one attached hydrogen (secondary N) is 2. The van der Waals surface area contributed by atoms with Gasteiger partial charge in [-0.2, -0.15) is 0 Å². The number of aliphatic imine (C=N–C) groups is 1. The van der Waals surface area contributed by atoms with E-state index in [-0.39, 0.29) is 0 Å². The molecule has 7 heteroatoms. The minimum atomic E-state index is 0.350. The monoisotopic (exact) mass is 408 g/mol. The highest BCUT2D eigenvalue weighted by molar-refractivity contribution is 9.10. The van der Waals surface area contributed by atoms with Gasteiger partial charge in [-0.25, -0.2) is 4.99 Å². The third kappa shape index (κ3) is 5.77. The van der Waals surface area contributed by atoms with E-state index in [1.807, 2.05) is 31.2 Å². The molecule has 2 rings (SSSR count). The Morgan fingerprint density at radius 2 is 2.12 bits per heavy atom. The Balaban J connectivity index is 2.03. The molecule has 0 spiro atoms. The van der Waals surface area contributed by atoms with Crippen LogP contribution < -0.4 is 15.4 Å². The van der Waals surface area contributed by atoms with Crippen LogP contribution in [-0.4, -0.2) is 24.8 Å². The number of guanidine groups is 1. The highest BCUT2D eigenvalue weighted by Gasteiger charge is 2.09. The van der Waals surface area contributed by atoms with Gasteiger partial charge < -0.3 is 19.9 Å². The minimum Gasteiger partial charge on any atom is -0.496 e. The second-order valence-electron chi connectivity index (χ2n) is 5.88. The lowest BCUT2D eigenvalue weighted by Crippen LogP contribution is -2.36. The molecule has 0 radical (unpaired) electrons. The smallest absolute Gasteiger partial charge is 0.191 e. The predicted molar refractivity (Wildman–Crippen MR) is 103 cm³/mol. The molecule has 1 aromatic heterocycles. The topological polar surface area (TPSA) is 71.7 Å². The molecule has 25 heavy (non-hydrogen) atoms. The Bertz CT molecular complexity index is 713. The number of benzene rings is 1. The fraction of sp³-hybridized carbons (Fsp3) is 0.444. The van der Waals surface area contributed by atoms with Crippen molar-refractivity contribution in [3.63, 3.8) is 0 Å². The lowest BCUT2D eigenvalue weighted by molar-refractivity contribution is 0.372. The summed E-state index contributed by atoms with van der Waals surface area (Å²) in [5.41, 5.74) is 1.97. The van der Waals surface area contributed by atoms with Crippen molar-refractivity contribution in [2.75, 3.05) is 13.7 Å². The lowest BCUT2D eigenvalue weighted by atomic mass is 10.1. The summed E-state index contributed by atoms with van der Waals surface area (Å²) < 4.78 is 11.7. The van der Waals surface area contributed by atoms with Crippen LogP contribution in [0.5, 0.6) is 5.75 Å². The Morgan fingerprint density at radius 1 is 1.32 bits per heavy atom. The Hall–Kier alpha value is -2.02. The highest BCUT2D eigenvalue weighted by atomic mass is 79.9. The summed E-state index contributed by atoms with van der Waals surface area (Å²) in [6, 6.07) is 7.86. The second-order valence-corrected chi connectivity index (χ2v) is 6.79. The number of aromatic nitrogens is 1. The summed E-state index contributed by atoms with van der Waals surface area (Å²) in [6.45, 7) is 8.02. The van der Waals surface area contributed by atoms with Gasteiger partial charge in [0.05, 0.1) is 25.9 Å². The molecule has 0 aliphatic carbocycles. The fourth-order valence-electron chi connectivity index (χ4n) is 2.23. The van der Waals surface area contributed by atoms with Gasteiger partial charge in [-0.05, 0) is 31.0 Å². The minimum absolute atomic E-state index is 0.350. The van der Waals surface area contributed by atoms with E-state index < -0.39 is 0 Å². The van der Waals surface area contributed by atoms with Crippen molar-refractivity contribution in [1.29, 1.82) is 0 Å². The van der Waals surface area contributed by atoms with Crippen molar-refractivity contribution in [1.82, 2.24) is 15.8 Å². The van der Waals surface area contributed by atoms with Gasteiger partial charge in [0.25, 0.3) is 0 Å². The van der Waals surface area contributed by atoms with E-state index in [1.165, 1.54) is 0 Å². The van der Waals surface area contributed by atoms with E-state index in [0.29, 0.717) is 25.0 Å². The lowest BCUT2D eigenvalue weighted by Gasteiger charge is -2.11. The van der Waals surface area contributed by atoms with Gasteiger partial charge in [-0.15, -0.1) is 0 Å². The summed E-state index contributed by atoms with van der Waals surface area (Å²) in [5, 5.41) is 10.6. The van der Waals surface area contributed by atoms with Crippen molar-refractivity contribution in [3.8, 4) is 5.75 Å². The number of methoxy groups -OCH3 is 1. The van der Waals surface area contributed by atoms with Crippen LogP contribution >= 0.6 is 15.9 Å². The van der Waals surface area contributed by atoms with Crippen molar-refractivity contribution in [3.05, 3.63) is 45.8 Å². The van der Waals surface area contributed by atoms with Crippen LogP contribution in [0.15, 0.2) is 38.3 Å². The number of nitrogens with zero attached hydrogens (tertiary/aromatic N) is 2. The van der Waals surface area contributed by atoms with E-state index in [4.69, 9.17) is 9.26 Å². The molecule has 1 aromatic carbocycles. The van der Waals surface area contributed by atoms with Gasteiger partial charge in [0.15, 0.2) is 11.7 Å². The molecule has 0 aliphatic heterocycles. The van der Waals surface area contributed by atoms with Crippen LogP contribution in [0.4, 0.5) is 0 Å². The zero-order valence-electron chi connectivity index (χ0n) is 15.1. The van der Waals surface area contributed by atoms with E-state index in [9.17, 15) is 0 Å². The SMILES string of the molecule is CCNC(=NCc1cc(Br)ccc1OC)NCc1cc(C(C)C)no1. The average molecular weight is 409 g/mol. The maximum Gasteiger partial charge on any atom is 0.191 e. The third-order valence-electron chi connectivity index (χ3n) is 3.59. The van der Waals surface area contributed by atoms with Crippen molar-refractivity contribution in [2.45, 2.75) is 39.8 Å². The van der Waals surface area contributed by atoms with Crippen LogP contribution in [-0.2, 0) is 13.1 Å². The summed E-state index contributed by atoms with van der Waals surface area (Å²) in [4.78, 5) is 4.62.